The molecule has 0 fully saturated rings. The molecule has 0 aliphatic heterocycles. The van der Waals surface area contributed by atoms with Crippen molar-refractivity contribution in [1.29, 1.82) is 0 Å². The fourth-order valence-corrected chi connectivity index (χ4v) is 1.60. The summed E-state index contributed by atoms with van der Waals surface area (Å²) >= 11 is 0. The summed E-state index contributed by atoms with van der Waals surface area (Å²) in [7, 11) is 0. The maximum Gasteiger partial charge on any atom is 0.315 e. The van der Waals surface area contributed by atoms with E-state index in [1.807, 2.05) is 0 Å². The van der Waals surface area contributed by atoms with Gasteiger partial charge in [0.15, 0.2) is 0 Å². The van der Waals surface area contributed by atoms with Crippen LogP contribution in [0.4, 0.5) is 4.79 Å². The summed E-state index contributed by atoms with van der Waals surface area (Å²) in [4.78, 5) is 32.5. The minimum atomic E-state index is -0.986. The number of carboxylic acid groups (broad SMARTS) is 1. The number of aliphatic carboxylic acids is 1. The van der Waals surface area contributed by atoms with E-state index in [-0.39, 0.29) is 12.8 Å². The summed E-state index contributed by atoms with van der Waals surface area (Å²) < 4.78 is 0. The van der Waals surface area contributed by atoms with Crippen molar-refractivity contribution in [3.63, 3.8) is 0 Å². The van der Waals surface area contributed by atoms with Gasteiger partial charge in [-0.05, 0) is 32.4 Å². The van der Waals surface area contributed by atoms with Crippen molar-refractivity contribution in [2.45, 2.75) is 45.1 Å². The largest absolute Gasteiger partial charge is 0.481 e. The number of carbonyl (C=O) groups excluding carboxylic acids is 2. The maximum absolute atomic E-state index is 11.5. The van der Waals surface area contributed by atoms with Crippen LogP contribution >= 0.6 is 0 Å². The summed E-state index contributed by atoms with van der Waals surface area (Å²) in [6.45, 7) is 4.54. The maximum atomic E-state index is 11.5. The lowest BCUT2D eigenvalue weighted by molar-refractivity contribution is -0.137. The Labute approximate surface area is 119 Å². The highest BCUT2D eigenvalue weighted by Gasteiger charge is 2.12. The highest BCUT2D eigenvalue weighted by Crippen LogP contribution is 1.95. The molecule has 0 saturated heterocycles. The van der Waals surface area contributed by atoms with Crippen LogP contribution in [-0.4, -0.2) is 49.1 Å². The van der Waals surface area contributed by atoms with Crippen LogP contribution in [0.3, 0.4) is 0 Å². The standard InChI is InChI=1S/C13H25N3O4/c1-2-14-8-4-3-5-9-15-13(20)16-11(10-17)6-7-12(18)19/h10-11,14H,2-9H2,1H3,(H,18,19)(H2,15,16,20). The third kappa shape index (κ3) is 11.5. The molecule has 0 rings (SSSR count). The first-order valence-corrected chi connectivity index (χ1v) is 7.02. The number of carbonyl (C=O) groups is 3. The predicted molar refractivity (Wildman–Crippen MR) is 75.7 cm³/mol. The molecular weight excluding hydrogens is 262 g/mol. The third-order valence-electron chi connectivity index (χ3n) is 2.72. The molecule has 0 spiro atoms. The molecule has 20 heavy (non-hydrogen) atoms. The number of hydrogen-bond donors (Lipinski definition) is 4. The molecule has 0 aromatic rings. The van der Waals surface area contributed by atoms with Gasteiger partial charge in [-0.25, -0.2) is 4.79 Å². The molecule has 0 aliphatic carbocycles. The monoisotopic (exact) mass is 287 g/mol. The highest BCUT2D eigenvalue weighted by atomic mass is 16.4. The second-order valence-electron chi connectivity index (χ2n) is 4.49. The average Bonchev–Trinajstić information content (AvgIpc) is 2.42. The topological polar surface area (TPSA) is 108 Å². The first-order chi connectivity index (χ1) is 9.60. The van der Waals surface area contributed by atoms with Crippen LogP contribution in [0.5, 0.6) is 0 Å². The van der Waals surface area contributed by atoms with E-state index in [4.69, 9.17) is 5.11 Å². The summed E-state index contributed by atoms with van der Waals surface area (Å²) in [5.74, 6) is -0.986. The van der Waals surface area contributed by atoms with E-state index in [1.165, 1.54) is 0 Å². The molecular formula is C13H25N3O4. The van der Waals surface area contributed by atoms with Crippen LogP contribution in [0.25, 0.3) is 0 Å². The van der Waals surface area contributed by atoms with Crippen LogP contribution in [0, 0.1) is 0 Å². The van der Waals surface area contributed by atoms with Gasteiger partial charge in [0, 0.05) is 13.0 Å². The number of hydrogen-bond acceptors (Lipinski definition) is 4. The quantitative estimate of drug-likeness (QED) is 0.309. The van der Waals surface area contributed by atoms with Gasteiger partial charge in [0.05, 0.1) is 6.04 Å². The molecule has 0 aromatic carbocycles. The Balaban J connectivity index is 3.59. The van der Waals surface area contributed by atoms with Gasteiger partial charge in [-0.15, -0.1) is 0 Å². The van der Waals surface area contributed by atoms with E-state index in [0.717, 1.165) is 32.4 Å². The van der Waals surface area contributed by atoms with Crippen molar-refractivity contribution in [3.05, 3.63) is 0 Å². The van der Waals surface area contributed by atoms with Crippen LogP contribution in [-0.2, 0) is 9.59 Å². The second-order valence-corrected chi connectivity index (χ2v) is 4.49. The van der Waals surface area contributed by atoms with Gasteiger partial charge < -0.3 is 25.9 Å². The van der Waals surface area contributed by atoms with Crippen molar-refractivity contribution in [3.8, 4) is 0 Å². The van der Waals surface area contributed by atoms with Crippen molar-refractivity contribution in [2.24, 2.45) is 0 Å². The van der Waals surface area contributed by atoms with Gasteiger partial charge in [-0.1, -0.05) is 13.3 Å². The molecule has 2 amide bonds. The Hall–Kier alpha value is -1.63. The molecule has 0 heterocycles. The van der Waals surface area contributed by atoms with Gasteiger partial charge in [0.2, 0.25) is 0 Å². The fraction of sp³-hybridized carbons (Fsp3) is 0.769. The van der Waals surface area contributed by atoms with E-state index in [9.17, 15) is 14.4 Å². The third-order valence-corrected chi connectivity index (χ3v) is 2.72. The number of aldehydes is 1. The fourth-order valence-electron chi connectivity index (χ4n) is 1.60. The van der Waals surface area contributed by atoms with Crippen molar-refractivity contribution >= 4 is 18.3 Å². The normalized spacial score (nSPS) is 11.7. The van der Waals surface area contributed by atoms with Gasteiger partial charge in [0.25, 0.3) is 0 Å². The Morgan fingerprint density at radius 1 is 1.20 bits per heavy atom. The van der Waals surface area contributed by atoms with Crippen LogP contribution in [0.1, 0.15) is 39.0 Å². The molecule has 0 aromatic heterocycles. The number of nitrogens with one attached hydrogen (secondary N) is 3. The van der Waals surface area contributed by atoms with E-state index in [0.29, 0.717) is 12.8 Å². The zero-order valence-electron chi connectivity index (χ0n) is 12.0. The van der Waals surface area contributed by atoms with Gasteiger partial charge in [-0.3, -0.25) is 4.79 Å². The first-order valence-electron chi connectivity index (χ1n) is 7.02. The van der Waals surface area contributed by atoms with Crippen molar-refractivity contribution in [2.75, 3.05) is 19.6 Å². The van der Waals surface area contributed by atoms with E-state index < -0.39 is 18.0 Å². The van der Waals surface area contributed by atoms with Gasteiger partial charge in [-0.2, -0.15) is 0 Å². The number of carboxylic acids is 1. The Bertz CT molecular complexity index is 297. The van der Waals surface area contributed by atoms with Crippen LogP contribution < -0.4 is 16.0 Å². The van der Waals surface area contributed by atoms with Gasteiger partial charge in [0.1, 0.15) is 6.29 Å². The van der Waals surface area contributed by atoms with Crippen molar-refractivity contribution in [1.82, 2.24) is 16.0 Å². The molecule has 7 nitrogen and oxygen atoms in total. The second kappa shape index (κ2) is 12.4. The zero-order chi connectivity index (χ0) is 15.2. The Morgan fingerprint density at radius 3 is 2.50 bits per heavy atom. The Kier molecular flexibility index (Phi) is 11.4. The predicted octanol–water partition coefficient (Wildman–Crippen LogP) is 0.498. The minimum Gasteiger partial charge on any atom is -0.481 e. The number of unbranched alkanes of at least 4 members (excludes halogenated alkanes) is 2. The Morgan fingerprint density at radius 2 is 1.90 bits per heavy atom. The number of amides is 2. The molecule has 0 bridgehead atoms. The summed E-state index contributed by atoms with van der Waals surface area (Å²) in [5, 5.41) is 16.8. The average molecular weight is 287 g/mol. The van der Waals surface area contributed by atoms with E-state index in [1.54, 1.807) is 0 Å². The molecule has 0 saturated carbocycles. The zero-order valence-corrected chi connectivity index (χ0v) is 12.0. The lowest BCUT2D eigenvalue weighted by atomic mass is 10.2. The van der Waals surface area contributed by atoms with Gasteiger partial charge >= 0.3 is 12.0 Å². The first kappa shape index (κ1) is 18.4. The molecule has 7 heteroatoms. The molecule has 116 valence electrons. The van der Waals surface area contributed by atoms with Crippen LogP contribution in [0.15, 0.2) is 0 Å². The molecule has 1 atom stereocenters. The molecule has 0 radical (unpaired) electrons. The van der Waals surface area contributed by atoms with Crippen molar-refractivity contribution < 1.29 is 19.5 Å². The van der Waals surface area contributed by atoms with Crippen LogP contribution in [0.2, 0.25) is 0 Å². The molecule has 0 aliphatic rings. The lowest BCUT2D eigenvalue weighted by Crippen LogP contribution is -2.43. The molecule has 4 N–H and O–H groups in total. The smallest absolute Gasteiger partial charge is 0.315 e. The summed E-state index contributed by atoms with van der Waals surface area (Å²) in [6.07, 6.45) is 3.47. The SMILES string of the molecule is CCNCCCCCNC(=O)NC(C=O)CCC(=O)O. The van der Waals surface area contributed by atoms with E-state index >= 15 is 0 Å². The summed E-state index contributed by atoms with van der Waals surface area (Å²) in [5.41, 5.74) is 0. The number of rotatable bonds is 12. The summed E-state index contributed by atoms with van der Waals surface area (Å²) in [6, 6.07) is -1.18. The molecule has 1 unspecified atom stereocenters. The highest BCUT2D eigenvalue weighted by molar-refractivity contribution is 5.78. The minimum absolute atomic E-state index is 0.106. The number of urea groups is 1. The lowest BCUT2D eigenvalue weighted by Gasteiger charge is -2.12. The van der Waals surface area contributed by atoms with E-state index in [2.05, 4.69) is 22.9 Å².